The number of esters is 2. The molecule has 0 aliphatic rings. The van der Waals surface area contributed by atoms with E-state index in [1.807, 2.05) is 0 Å². The zero-order valence-corrected chi connectivity index (χ0v) is 12.9. The van der Waals surface area contributed by atoms with Crippen LogP contribution < -0.4 is 0 Å². The van der Waals surface area contributed by atoms with Crippen LogP contribution in [0.25, 0.3) is 0 Å². The summed E-state index contributed by atoms with van der Waals surface area (Å²) >= 11 is 0. The van der Waals surface area contributed by atoms with E-state index in [0.717, 1.165) is 7.11 Å². The SMILES string of the molecule is COC(=O)CCC(=O)C(=O)OC.OCCOCCOCCO. The highest BCUT2D eigenvalue weighted by atomic mass is 16.5. The average molecular weight is 324 g/mol. The second-order valence-corrected chi connectivity index (χ2v) is 3.66. The summed E-state index contributed by atoms with van der Waals surface area (Å²) < 4.78 is 18.2. The van der Waals surface area contributed by atoms with Gasteiger partial charge in [0, 0.05) is 6.42 Å². The Labute approximate surface area is 129 Å². The molecule has 2 N–H and O–H groups in total. The normalized spacial score (nSPS) is 9.45. The van der Waals surface area contributed by atoms with Gasteiger partial charge in [-0.3, -0.25) is 9.59 Å². The van der Waals surface area contributed by atoms with Gasteiger partial charge in [0.25, 0.3) is 0 Å². The highest BCUT2D eigenvalue weighted by Crippen LogP contribution is 1.94. The fraction of sp³-hybridized carbons (Fsp3) is 0.769. The highest BCUT2D eigenvalue weighted by molar-refractivity contribution is 6.33. The Balaban J connectivity index is 0. The van der Waals surface area contributed by atoms with Gasteiger partial charge in [0.05, 0.1) is 60.3 Å². The van der Waals surface area contributed by atoms with E-state index in [9.17, 15) is 14.4 Å². The van der Waals surface area contributed by atoms with Crippen LogP contribution in [0, 0.1) is 0 Å². The Morgan fingerprint density at radius 3 is 1.64 bits per heavy atom. The maximum atomic E-state index is 10.7. The third-order valence-corrected chi connectivity index (χ3v) is 2.04. The van der Waals surface area contributed by atoms with Gasteiger partial charge in [-0.05, 0) is 0 Å². The Morgan fingerprint density at radius 2 is 1.27 bits per heavy atom. The van der Waals surface area contributed by atoms with Gasteiger partial charge in [-0.25, -0.2) is 4.79 Å². The van der Waals surface area contributed by atoms with Gasteiger partial charge in [-0.2, -0.15) is 0 Å². The van der Waals surface area contributed by atoms with Crippen molar-refractivity contribution in [2.45, 2.75) is 12.8 Å². The molecule has 0 spiro atoms. The van der Waals surface area contributed by atoms with Crippen molar-refractivity contribution in [3.63, 3.8) is 0 Å². The lowest BCUT2D eigenvalue weighted by Gasteiger charge is -2.01. The zero-order chi connectivity index (χ0) is 17.2. The second-order valence-electron chi connectivity index (χ2n) is 3.66. The predicted octanol–water partition coefficient (Wildman–Crippen LogP) is -1.31. The Kier molecular flexibility index (Phi) is 18.1. The molecule has 0 amide bonds. The van der Waals surface area contributed by atoms with Crippen LogP contribution in [0.3, 0.4) is 0 Å². The molecule has 0 aromatic heterocycles. The summed E-state index contributed by atoms with van der Waals surface area (Å²) in [5.41, 5.74) is 0. The predicted molar refractivity (Wildman–Crippen MR) is 74.1 cm³/mol. The minimum absolute atomic E-state index is 0.0417. The summed E-state index contributed by atoms with van der Waals surface area (Å²) in [6, 6.07) is 0. The van der Waals surface area contributed by atoms with Crippen molar-refractivity contribution in [3.05, 3.63) is 0 Å². The lowest BCUT2D eigenvalue weighted by molar-refractivity contribution is -0.152. The van der Waals surface area contributed by atoms with Gasteiger partial charge in [-0.1, -0.05) is 0 Å². The van der Waals surface area contributed by atoms with Gasteiger partial charge in [0.15, 0.2) is 0 Å². The Bertz CT molecular complexity index is 296. The fourth-order valence-electron chi connectivity index (χ4n) is 0.985. The van der Waals surface area contributed by atoms with E-state index in [1.54, 1.807) is 0 Å². The standard InChI is InChI=1S/C7H10O5.C6H14O4/c1-11-6(9)4-3-5(8)7(10)12-2;7-1-3-9-5-6-10-4-2-8/h3-4H2,1-2H3;7-8H,1-6H2. The number of ether oxygens (including phenoxy) is 4. The molecule has 0 saturated carbocycles. The number of Topliss-reactive ketones (excluding diaryl/α,β-unsaturated/α-hetero) is 1. The summed E-state index contributed by atoms with van der Waals surface area (Å²) in [5, 5.41) is 16.5. The van der Waals surface area contributed by atoms with Crippen LogP contribution in [0.4, 0.5) is 0 Å². The first-order valence-electron chi connectivity index (χ1n) is 6.58. The third kappa shape index (κ3) is 16.5. The lowest BCUT2D eigenvalue weighted by Crippen LogP contribution is -2.16. The topological polar surface area (TPSA) is 129 Å². The van der Waals surface area contributed by atoms with Crippen molar-refractivity contribution in [1.29, 1.82) is 0 Å². The first-order chi connectivity index (χ1) is 10.5. The average Bonchev–Trinajstić information content (AvgIpc) is 2.55. The van der Waals surface area contributed by atoms with Crippen molar-refractivity contribution in [1.82, 2.24) is 0 Å². The molecule has 9 heteroatoms. The second kappa shape index (κ2) is 17.5. The molecule has 0 aliphatic carbocycles. The van der Waals surface area contributed by atoms with Crippen LogP contribution in [0.1, 0.15) is 12.8 Å². The molecule has 0 saturated heterocycles. The molecule has 0 aromatic carbocycles. The van der Waals surface area contributed by atoms with E-state index in [1.165, 1.54) is 7.11 Å². The first-order valence-corrected chi connectivity index (χ1v) is 6.58. The Hall–Kier alpha value is -1.55. The van der Waals surface area contributed by atoms with E-state index in [0.29, 0.717) is 26.4 Å². The number of rotatable bonds is 11. The molecule has 22 heavy (non-hydrogen) atoms. The number of methoxy groups -OCH3 is 2. The molecule has 0 bridgehead atoms. The molecule has 130 valence electrons. The van der Waals surface area contributed by atoms with Crippen LogP contribution in [0.15, 0.2) is 0 Å². The number of aliphatic hydroxyl groups excluding tert-OH is 2. The van der Waals surface area contributed by atoms with Crippen molar-refractivity contribution in [2.75, 3.05) is 53.9 Å². The largest absolute Gasteiger partial charge is 0.469 e. The molecule has 0 atom stereocenters. The van der Waals surface area contributed by atoms with Gasteiger partial charge in [-0.15, -0.1) is 0 Å². The van der Waals surface area contributed by atoms with Gasteiger partial charge < -0.3 is 29.2 Å². The van der Waals surface area contributed by atoms with E-state index in [4.69, 9.17) is 19.7 Å². The van der Waals surface area contributed by atoms with Crippen LogP contribution in [0.5, 0.6) is 0 Å². The van der Waals surface area contributed by atoms with E-state index >= 15 is 0 Å². The first kappa shape index (κ1) is 22.7. The van der Waals surface area contributed by atoms with Crippen LogP contribution >= 0.6 is 0 Å². The molecule has 0 radical (unpaired) electrons. The number of ketones is 1. The molecule has 0 aromatic rings. The number of carbonyl (C=O) groups is 3. The fourth-order valence-corrected chi connectivity index (χ4v) is 0.985. The maximum absolute atomic E-state index is 10.7. The van der Waals surface area contributed by atoms with Gasteiger partial charge in [0.1, 0.15) is 0 Å². The smallest absolute Gasteiger partial charge is 0.374 e. The quantitative estimate of drug-likeness (QED) is 0.270. The summed E-state index contributed by atoms with van der Waals surface area (Å²) in [4.78, 5) is 31.7. The van der Waals surface area contributed by atoms with E-state index in [2.05, 4.69) is 9.47 Å². The minimum Gasteiger partial charge on any atom is -0.469 e. The number of aliphatic hydroxyl groups is 2. The molecular formula is C13H24O9. The van der Waals surface area contributed by atoms with E-state index < -0.39 is 17.7 Å². The summed E-state index contributed by atoms with van der Waals surface area (Å²) in [6.45, 7) is 1.73. The lowest BCUT2D eigenvalue weighted by atomic mass is 10.2. The van der Waals surface area contributed by atoms with Crippen molar-refractivity contribution in [2.24, 2.45) is 0 Å². The van der Waals surface area contributed by atoms with Crippen molar-refractivity contribution >= 4 is 17.7 Å². The monoisotopic (exact) mass is 324 g/mol. The Morgan fingerprint density at radius 1 is 0.773 bits per heavy atom. The summed E-state index contributed by atoms with van der Waals surface area (Å²) in [7, 11) is 2.32. The molecular weight excluding hydrogens is 300 g/mol. The zero-order valence-electron chi connectivity index (χ0n) is 12.9. The van der Waals surface area contributed by atoms with Gasteiger partial charge in [0.2, 0.25) is 5.78 Å². The van der Waals surface area contributed by atoms with Crippen molar-refractivity contribution < 1.29 is 43.5 Å². The molecule has 0 unspecified atom stereocenters. The summed E-state index contributed by atoms with van der Waals surface area (Å²) in [6.07, 6.45) is -0.260. The van der Waals surface area contributed by atoms with Crippen molar-refractivity contribution in [3.8, 4) is 0 Å². The minimum atomic E-state index is -0.932. The van der Waals surface area contributed by atoms with Crippen LogP contribution in [0.2, 0.25) is 0 Å². The number of hydrogen-bond acceptors (Lipinski definition) is 9. The summed E-state index contributed by atoms with van der Waals surface area (Å²) in [5.74, 6) is -2.17. The number of carbonyl (C=O) groups excluding carboxylic acids is 3. The molecule has 0 heterocycles. The van der Waals surface area contributed by atoms with Crippen LogP contribution in [-0.2, 0) is 33.3 Å². The third-order valence-electron chi connectivity index (χ3n) is 2.04. The highest BCUT2D eigenvalue weighted by Gasteiger charge is 2.15. The molecule has 0 rings (SSSR count). The van der Waals surface area contributed by atoms with Crippen LogP contribution in [-0.4, -0.2) is 81.8 Å². The molecule has 0 fully saturated rings. The molecule has 9 nitrogen and oxygen atoms in total. The maximum Gasteiger partial charge on any atom is 0.374 e. The molecule has 0 aliphatic heterocycles. The van der Waals surface area contributed by atoms with Gasteiger partial charge >= 0.3 is 11.9 Å². The van der Waals surface area contributed by atoms with E-state index in [-0.39, 0.29) is 26.1 Å². The number of hydrogen-bond donors (Lipinski definition) is 2.